The molecule has 2 aromatic carbocycles. The average Bonchev–Trinajstić information content (AvgIpc) is 2.95. The maximum absolute atomic E-state index is 9.57. The lowest BCUT2D eigenvalue weighted by atomic mass is 10.1. The first kappa shape index (κ1) is 15.3. The first-order valence-electron chi connectivity index (χ1n) is 8.22. The first-order valence-corrected chi connectivity index (χ1v) is 8.22. The van der Waals surface area contributed by atoms with Crippen molar-refractivity contribution >= 4 is 17.2 Å². The molecule has 4 aromatic rings. The van der Waals surface area contributed by atoms with Crippen LogP contribution in [0.5, 0.6) is 5.75 Å². The fourth-order valence-electron chi connectivity index (χ4n) is 2.86. The number of rotatable bonds is 3. The molecule has 0 unspecified atom stereocenters. The monoisotopic (exact) mass is 329 g/mol. The topological polar surface area (TPSA) is 49.6 Å². The number of fused-ring (bicyclic) bond motifs is 1. The zero-order valence-corrected chi connectivity index (χ0v) is 14.2. The van der Waals surface area contributed by atoms with Crippen molar-refractivity contribution in [1.82, 2.24) is 9.38 Å². The Morgan fingerprint density at radius 3 is 2.24 bits per heavy atom. The van der Waals surface area contributed by atoms with Crippen LogP contribution in [0.4, 0.5) is 11.5 Å². The van der Waals surface area contributed by atoms with Gasteiger partial charge in [-0.2, -0.15) is 0 Å². The van der Waals surface area contributed by atoms with Gasteiger partial charge in [-0.25, -0.2) is 4.98 Å². The van der Waals surface area contributed by atoms with Gasteiger partial charge in [-0.15, -0.1) is 0 Å². The predicted molar refractivity (Wildman–Crippen MR) is 101 cm³/mol. The minimum Gasteiger partial charge on any atom is -0.508 e. The molecule has 2 N–H and O–H groups in total. The first-order chi connectivity index (χ1) is 12.1. The van der Waals surface area contributed by atoms with Crippen LogP contribution >= 0.6 is 0 Å². The Morgan fingerprint density at radius 2 is 1.52 bits per heavy atom. The molecule has 0 spiro atoms. The van der Waals surface area contributed by atoms with E-state index in [4.69, 9.17) is 4.98 Å². The van der Waals surface area contributed by atoms with Gasteiger partial charge in [0.25, 0.3) is 0 Å². The molecule has 0 aliphatic heterocycles. The SMILES string of the molecule is Cc1ccc(Nc2c(-c3ccc(O)cc3)nc3ccc(C)cn23)cc1. The van der Waals surface area contributed by atoms with E-state index in [9.17, 15) is 5.11 Å². The van der Waals surface area contributed by atoms with E-state index in [2.05, 4.69) is 60.1 Å². The molecule has 0 fully saturated rings. The average molecular weight is 329 g/mol. The molecule has 4 rings (SSSR count). The fourth-order valence-corrected chi connectivity index (χ4v) is 2.86. The molecule has 0 bridgehead atoms. The highest BCUT2D eigenvalue weighted by Crippen LogP contribution is 2.32. The molecule has 0 aliphatic rings. The minimum absolute atomic E-state index is 0.247. The van der Waals surface area contributed by atoms with Crippen LogP contribution in [0.1, 0.15) is 11.1 Å². The summed E-state index contributed by atoms with van der Waals surface area (Å²) in [6.07, 6.45) is 2.07. The highest BCUT2D eigenvalue weighted by atomic mass is 16.3. The highest BCUT2D eigenvalue weighted by molar-refractivity contribution is 5.80. The van der Waals surface area contributed by atoms with Crippen LogP contribution in [-0.4, -0.2) is 14.5 Å². The number of hydrogen-bond acceptors (Lipinski definition) is 3. The summed E-state index contributed by atoms with van der Waals surface area (Å²) in [5, 5.41) is 13.1. The van der Waals surface area contributed by atoms with Crippen molar-refractivity contribution in [1.29, 1.82) is 0 Å². The molecular weight excluding hydrogens is 310 g/mol. The summed E-state index contributed by atoms with van der Waals surface area (Å²) in [6.45, 7) is 4.14. The number of pyridine rings is 1. The largest absolute Gasteiger partial charge is 0.508 e. The molecule has 0 atom stereocenters. The maximum atomic E-state index is 9.57. The van der Waals surface area contributed by atoms with Gasteiger partial charge in [0.1, 0.15) is 22.9 Å². The van der Waals surface area contributed by atoms with E-state index in [1.807, 2.05) is 18.2 Å². The van der Waals surface area contributed by atoms with Crippen molar-refractivity contribution in [2.45, 2.75) is 13.8 Å². The molecule has 0 amide bonds. The van der Waals surface area contributed by atoms with Gasteiger partial charge in [0, 0.05) is 17.4 Å². The minimum atomic E-state index is 0.247. The third-order valence-electron chi connectivity index (χ3n) is 4.22. The fraction of sp³-hybridized carbons (Fsp3) is 0.0952. The number of imidazole rings is 1. The molecule has 2 aromatic heterocycles. The van der Waals surface area contributed by atoms with Crippen LogP contribution in [0, 0.1) is 13.8 Å². The number of phenolic OH excluding ortho intramolecular Hbond substituents is 1. The van der Waals surface area contributed by atoms with Crippen molar-refractivity contribution in [2.75, 3.05) is 5.32 Å². The van der Waals surface area contributed by atoms with Gasteiger partial charge in [0.15, 0.2) is 0 Å². The van der Waals surface area contributed by atoms with Crippen LogP contribution in [0.15, 0.2) is 66.9 Å². The van der Waals surface area contributed by atoms with E-state index in [0.29, 0.717) is 0 Å². The molecule has 4 heteroatoms. The molecule has 0 saturated heterocycles. The van der Waals surface area contributed by atoms with E-state index in [0.717, 1.165) is 34.0 Å². The molecular formula is C21H19N3O. The quantitative estimate of drug-likeness (QED) is 0.552. The number of nitrogens with zero attached hydrogens (tertiary/aromatic N) is 2. The Labute approximate surface area is 146 Å². The van der Waals surface area contributed by atoms with E-state index in [-0.39, 0.29) is 5.75 Å². The van der Waals surface area contributed by atoms with Gasteiger partial charge in [-0.3, -0.25) is 4.40 Å². The Kier molecular flexibility index (Phi) is 3.65. The summed E-state index contributed by atoms with van der Waals surface area (Å²) in [7, 11) is 0. The summed E-state index contributed by atoms with van der Waals surface area (Å²) in [4.78, 5) is 4.79. The van der Waals surface area contributed by atoms with E-state index in [1.165, 1.54) is 5.56 Å². The highest BCUT2D eigenvalue weighted by Gasteiger charge is 2.14. The third-order valence-corrected chi connectivity index (χ3v) is 4.22. The second-order valence-corrected chi connectivity index (χ2v) is 6.28. The summed E-state index contributed by atoms with van der Waals surface area (Å²) in [5.41, 5.74) is 6.07. The lowest BCUT2D eigenvalue weighted by Crippen LogP contribution is -1.97. The van der Waals surface area contributed by atoms with Gasteiger partial charge in [0.05, 0.1) is 0 Å². The van der Waals surface area contributed by atoms with Crippen LogP contribution in [-0.2, 0) is 0 Å². The van der Waals surface area contributed by atoms with Gasteiger partial charge >= 0.3 is 0 Å². The Bertz CT molecular complexity index is 1030. The second kappa shape index (κ2) is 5.98. The smallest absolute Gasteiger partial charge is 0.143 e. The van der Waals surface area contributed by atoms with Crippen molar-refractivity contribution < 1.29 is 5.11 Å². The van der Waals surface area contributed by atoms with E-state index in [1.54, 1.807) is 12.1 Å². The molecule has 4 nitrogen and oxygen atoms in total. The summed E-state index contributed by atoms with van der Waals surface area (Å²) in [5.74, 6) is 1.16. The van der Waals surface area contributed by atoms with Gasteiger partial charge in [-0.1, -0.05) is 23.8 Å². The van der Waals surface area contributed by atoms with Gasteiger partial charge in [0.2, 0.25) is 0 Å². The zero-order valence-electron chi connectivity index (χ0n) is 14.2. The summed E-state index contributed by atoms with van der Waals surface area (Å²) >= 11 is 0. The van der Waals surface area contributed by atoms with E-state index >= 15 is 0 Å². The van der Waals surface area contributed by atoms with Gasteiger partial charge < -0.3 is 10.4 Å². The third kappa shape index (κ3) is 2.94. The number of phenols is 1. The number of anilines is 2. The van der Waals surface area contributed by atoms with Crippen molar-refractivity contribution in [3.63, 3.8) is 0 Å². The second-order valence-electron chi connectivity index (χ2n) is 6.28. The summed E-state index contributed by atoms with van der Waals surface area (Å²) in [6, 6.07) is 19.5. The lowest BCUT2D eigenvalue weighted by Gasteiger charge is -2.10. The standard InChI is InChI=1S/C21H19N3O/c1-14-3-8-17(9-4-14)22-21-20(16-6-10-18(25)11-7-16)23-19-12-5-15(2)13-24(19)21/h3-13,22,25H,1-2H3. The number of aryl methyl sites for hydroxylation is 2. The number of nitrogens with one attached hydrogen (secondary N) is 1. The molecule has 25 heavy (non-hydrogen) atoms. The molecule has 0 saturated carbocycles. The van der Waals surface area contributed by atoms with Crippen LogP contribution in [0.3, 0.4) is 0 Å². The Morgan fingerprint density at radius 1 is 0.840 bits per heavy atom. The van der Waals surface area contributed by atoms with Crippen molar-refractivity contribution in [2.24, 2.45) is 0 Å². The molecule has 124 valence electrons. The maximum Gasteiger partial charge on any atom is 0.143 e. The molecule has 0 radical (unpaired) electrons. The Hall–Kier alpha value is -3.27. The molecule has 0 aliphatic carbocycles. The van der Waals surface area contributed by atoms with Crippen LogP contribution < -0.4 is 5.32 Å². The number of aromatic hydroxyl groups is 1. The number of hydrogen-bond donors (Lipinski definition) is 2. The number of aromatic nitrogens is 2. The van der Waals surface area contributed by atoms with Crippen molar-refractivity contribution in [3.8, 4) is 17.0 Å². The van der Waals surface area contributed by atoms with Crippen LogP contribution in [0.2, 0.25) is 0 Å². The molecule has 2 heterocycles. The zero-order chi connectivity index (χ0) is 17.4. The number of benzene rings is 2. The normalized spacial score (nSPS) is 11.0. The summed E-state index contributed by atoms with van der Waals surface area (Å²) < 4.78 is 2.07. The van der Waals surface area contributed by atoms with Crippen LogP contribution in [0.25, 0.3) is 16.9 Å². The van der Waals surface area contributed by atoms with E-state index < -0.39 is 0 Å². The van der Waals surface area contributed by atoms with Gasteiger partial charge in [-0.05, 0) is 61.9 Å². The predicted octanol–water partition coefficient (Wildman–Crippen LogP) is 5.07. The lowest BCUT2D eigenvalue weighted by molar-refractivity contribution is 0.475. The Balaban J connectivity index is 1.89. The van der Waals surface area contributed by atoms with Crippen molar-refractivity contribution in [3.05, 3.63) is 78.0 Å².